The number of rotatable bonds is 5. The summed E-state index contributed by atoms with van der Waals surface area (Å²) < 4.78 is 21.1. The first kappa shape index (κ1) is 14.9. The quantitative estimate of drug-likeness (QED) is 0.671. The number of fused-ring (bicyclic) bond motifs is 1. The van der Waals surface area contributed by atoms with Crippen molar-refractivity contribution in [1.29, 1.82) is 0 Å². The molecule has 3 rings (SSSR count). The van der Waals surface area contributed by atoms with Crippen molar-refractivity contribution in [3.8, 4) is 17.6 Å². The van der Waals surface area contributed by atoms with Gasteiger partial charge in [0.1, 0.15) is 17.0 Å². The lowest BCUT2D eigenvalue weighted by atomic mass is 10.3. The molecule has 3 aromatic rings. The van der Waals surface area contributed by atoms with Crippen LogP contribution in [0.4, 0.5) is 0 Å². The van der Waals surface area contributed by atoms with Gasteiger partial charge in [-0.3, -0.25) is 0 Å². The maximum absolute atomic E-state index is 11.3. The molecule has 6 heteroatoms. The summed E-state index contributed by atoms with van der Waals surface area (Å²) >= 11 is 0. The van der Waals surface area contributed by atoms with Crippen LogP contribution in [0.2, 0.25) is 0 Å². The Balaban J connectivity index is 1.68. The molecule has 1 aromatic heterocycles. The van der Waals surface area contributed by atoms with Crippen molar-refractivity contribution in [1.82, 2.24) is 4.98 Å². The lowest BCUT2D eigenvalue weighted by Gasteiger charge is -2.12. The number of ether oxygens (including phenoxy) is 3. The monoisotopic (exact) mass is 313 g/mol. The molecule has 0 N–H and O–H groups in total. The molecule has 0 saturated carbocycles. The highest BCUT2D eigenvalue weighted by molar-refractivity contribution is 5.74. The second-order valence-electron chi connectivity index (χ2n) is 4.80. The van der Waals surface area contributed by atoms with Crippen LogP contribution < -0.4 is 9.47 Å². The average Bonchev–Trinajstić information content (AvgIpc) is 2.98. The smallest absolute Gasteiger partial charge is 0.400 e. The summed E-state index contributed by atoms with van der Waals surface area (Å²) in [6, 6.07) is 14.2. The molecule has 6 nitrogen and oxygen atoms in total. The van der Waals surface area contributed by atoms with Crippen LogP contribution in [0.25, 0.3) is 11.1 Å². The van der Waals surface area contributed by atoms with E-state index in [0.717, 1.165) is 5.52 Å². The van der Waals surface area contributed by atoms with Gasteiger partial charge in [-0.05, 0) is 43.3 Å². The Morgan fingerprint density at radius 3 is 2.48 bits per heavy atom. The highest BCUT2D eigenvalue weighted by Crippen LogP contribution is 2.26. The van der Waals surface area contributed by atoms with Crippen LogP contribution >= 0.6 is 0 Å². The number of esters is 1. The molecule has 1 atom stereocenters. The van der Waals surface area contributed by atoms with E-state index in [1.54, 1.807) is 31.2 Å². The van der Waals surface area contributed by atoms with Crippen LogP contribution in [-0.4, -0.2) is 24.2 Å². The summed E-state index contributed by atoms with van der Waals surface area (Å²) in [6.45, 7) is 1.62. The third-order valence-corrected chi connectivity index (χ3v) is 3.15. The number of aromatic nitrogens is 1. The predicted molar refractivity (Wildman–Crippen MR) is 82.6 cm³/mol. The Morgan fingerprint density at radius 1 is 1.09 bits per heavy atom. The maximum atomic E-state index is 11.3. The lowest BCUT2D eigenvalue weighted by Crippen LogP contribution is -2.24. The molecule has 1 heterocycles. The van der Waals surface area contributed by atoms with Crippen molar-refractivity contribution in [2.45, 2.75) is 13.0 Å². The zero-order valence-electron chi connectivity index (χ0n) is 12.7. The van der Waals surface area contributed by atoms with Crippen molar-refractivity contribution in [2.24, 2.45) is 0 Å². The largest absolute Gasteiger partial charge is 0.479 e. The molecule has 0 amide bonds. The van der Waals surface area contributed by atoms with Gasteiger partial charge >= 0.3 is 12.0 Å². The van der Waals surface area contributed by atoms with Gasteiger partial charge in [0.25, 0.3) is 0 Å². The molecular weight excluding hydrogens is 298 g/mol. The standard InChI is InChI=1S/C17H15NO5/c1-11(16(19)20-2)21-12-7-9-13(10-8-12)22-17-18-14-5-3-4-6-15(14)23-17/h3-11H,1-2H3. The zero-order valence-corrected chi connectivity index (χ0v) is 12.7. The molecular formula is C17H15NO5. The molecule has 0 aliphatic heterocycles. The molecule has 23 heavy (non-hydrogen) atoms. The summed E-state index contributed by atoms with van der Waals surface area (Å²) in [6.07, 6.45) is -0.508. The second kappa shape index (κ2) is 6.39. The van der Waals surface area contributed by atoms with Crippen LogP contribution in [0.1, 0.15) is 6.92 Å². The van der Waals surface area contributed by atoms with Crippen molar-refractivity contribution in [2.75, 3.05) is 7.11 Å². The van der Waals surface area contributed by atoms with Gasteiger partial charge in [-0.15, -0.1) is 0 Å². The van der Waals surface area contributed by atoms with Gasteiger partial charge in [-0.2, -0.15) is 4.98 Å². The Morgan fingerprint density at radius 2 is 1.78 bits per heavy atom. The van der Waals surface area contributed by atoms with Crippen LogP contribution in [0.3, 0.4) is 0 Å². The van der Waals surface area contributed by atoms with Crippen molar-refractivity contribution >= 4 is 17.1 Å². The molecule has 0 aliphatic carbocycles. The van der Waals surface area contributed by atoms with Crippen LogP contribution in [0.15, 0.2) is 52.9 Å². The Bertz CT molecular complexity index is 776. The summed E-state index contributed by atoms with van der Waals surface area (Å²) in [5.74, 6) is 0.652. The van der Waals surface area contributed by atoms with E-state index in [2.05, 4.69) is 9.72 Å². The summed E-state index contributed by atoms with van der Waals surface area (Å²) in [4.78, 5) is 15.5. The summed E-state index contributed by atoms with van der Waals surface area (Å²) in [5.41, 5.74) is 1.39. The number of carbonyl (C=O) groups excluding carboxylic acids is 1. The minimum atomic E-state index is -0.677. The molecule has 0 radical (unpaired) electrons. The second-order valence-corrected chi connectivity index (χ2v) is 4.80. The molecule has 0 aliphatic rings. The number of hydrogen-bond acceptors (Lipinski definition) is 6. The maximum Gasteiger partial charge on any atom is 0.400 e. The van der Waals surface area contributed by atoms with Crippen molar-refractivity contribution in [3.05, 3.63) is 48.5 Å². The first-order valence-electron chi connectivity index (χ1n) is 7.03. The van der Waals surface area contributed by atoms with Gasteiger partial charge in [0.15, 0.2) is 11.7 Å². The first-order chi connectivity index (χ1) is 11.2. The molecule has 0 spiro atoms. The molecule has 0 bridgehead atoms. The van der Waals surface area contributed by atoms with Gasteiger partial charge in [0.05, 0.1) is 7.11 Å². The number of hydrogen-bond donors (Lipinski definition) is 0. The topological polar surface area (TPSA) is 70.8 Å². The Labute approximate surface area is 132 Å². The van der Waals surface area contributed by atoms with E-state index < -0.39 is 12.1 Å². The fourth-order valence-electron chi connectivity index (χ4n) is 2.00. The van der Waals surface area contributed by atoms with E-state index >= 15 is 0 Å². The number of carbonyl (C=O) groups is 1. The van der Waals surface area contributed by atoms with E-state index in [1.807, 2.05) is 24.3 Å². The van der Waals surface area contributed by atoms with Crippen LogP contribution in [0, 0.1) is 0 Å². The van der Waals surface area contributed by atoms with Gasteiger partial charge < -0.3 is 18.6 Å². The average molecular weight is 313 g/mol. The highest BCUT2D eigenvalue weighted by atomic mass is 16.6. The van der Waals surface area contributed by atoms with Gasteiger partial charge in [-0.1, -0.05) is 12.1 Å². The Kier molecular flexibility index (Phi) is 4.14. The van der Waals surface area contributed by atoms with E-state index in [4.69, 9.17) is 13.9 Å². The van der Waals surface area contributed by atoms with Crippen LogP contribution in [-0.2, 0) is 9.53 Å². The molecule has 2 aromatic carbocycles. The van der Waals surface area contributed by atoms with Crippen LogP contribution in [0.5, 0.6) is 17.6 Å². The normalized spacial score (nSPS) is 11.9. The minimum Gasteiger partial charge on any atom is -0.479 e. The minimum absolute atomic E-state index is 0.169. The fraction of sp³-hybridized carbons (Fsp3) is 0.176. The number of nitrogens with zero attached hydrogens (tertiary/aromatic N) is 1. The SMILES string of the molecule is COC(=O)C(C)Oc1ccc(Oc2nc3ccccc3o2)cc1. The zero-order chi connectivity index (χ0) is 16.2. The van der Waals surface area contributed by atoms with Crippen molar-refractivity contribution < 1.29 is 23.4 Å². The Hall–Kier alpha value is -3.02. The van der Waals surface area contributed by atoms with Crippen molar-refractivity contribution in [3.63, 3.8) is 0 Å². The van der Waals surface area contributed by atoms with Gasteiger partial charge in [0, 0.05) is 0 Å². The lowest BCUT2D eigenvalue weighted by molar-refractivity contribution is -0.147. The third kappa shape index (κ3) is 3.42. The van der Waals surface area contributed by atoms with Gasteiger partial charge in [-0.25, -0.2) is 4.79 Å². The molecule has 118 valence electrons. The van der Waals surface area contributed by atoms with E-state index in [-0.39, 0.29) is 6.08 Å². The van der Waals surface area contributed by atoms with E-state index in [0.29, 0.717) is 17.1 Å². The summed E-state index contributed by atoms with van der Waals surface area (Å²) in [7, 11) is 1.32. The van der Waals surface area contributed by atoms with E-state index in [9.17, 15) is 4.79 Å². The first-order valence-corrected chi connectivity index (χ1v) is 7.03. The van der Waals surface area contributed by atoms with Gasteiger partial charge in [0.2, 0.25) is 0 Å². The predicted octanol–water partition coefficient (Wildman–Crippen LogP) is 3.56. The summed E-state index contributed by atoms with van der Waals surface area (Å²) in [5, 5.41) is 0. The number of methoxy groups -OCH3 is 1. The molecule has 0 fully saturated rings. The fourth-order valence-corrected chi connectivity index (χ4v) is 2.00. The number of benzene rings is 2. The third-order valence-electron chi connectivity index (χ3n) is 3.15. The number of para-hydroxylation sites is 2. The molecule has 0 saturated heterocycles. The molecule has 1 unspecified atom stereocenters. The number of oxazole rings is 1. The highest BCUT2D eigenvalue weighted by Gasteiger charge is 2.14. The van der Waals surface area contributed by atoms with E-state index in [1.165, 1.54) is 7.11 Å².